The van der Waals surface area contributed by atoms with Gasteiger partial charge in [0.1, 0.15) is 5.82 Å². The number of sulfonamides is 1. The van der Waals surface area contributed by atoms with Gasteiger partial charge in [-0.1, -0.05) is 6.92 Å². The Balaban J connectivity index is 2.29. The summed E-state index contributed by atoms with van der Waals surface area (Å²) in [4.78, 5) is 0.184. The molecule has 1 aliphatic rings. The van der Waals surface area contributed by atoms with Gasteiger partial charge in [-0.05, 0) is 37.6 Å². The van der Waals surface area contributed by atoms with E-state index in [9.17, 15) is 12.8 Å². The fourth-order valence-electron chi connectivity index (χ4n) is 2.18. The molecule has 1 aliphatic heterocycles. The fourth-order valence-corrected chi connectivity index (χ4v) is 3.75. The van der Waals surface area contributed by atoms with Crippen LogP contribution in [-0.2, 0) is 16.6 Å². The van der Waals surface area contributed by atoms with Crippen molar-refractivity contribution in [3.05, 3.63) is 29.6 Å². The van der Waals surface area contributed by atoms with Crippen LogP contribution in [0.1, 0.15) is 25.3 Å². The van der Waals surface area contributed by atoms with E-state index >= 15 is 0 Å². The van der Waals surface area contributed by atoms with Gasteiger partial charge in [0.2, 0.25) is 10.0 Å². The largest absolute Gasteiger partial charge is 0.313 e. The number of hydrogen-bond donors (Lipinski definition) is 1. The number of nitrogens with one attached hydrogen (secondary N) is 1. The molecule has 0 atom stereocenters. The number of halogens is 1. The third kappa shape index (κ3) is 3.13. The van der Waals surface area contributed by atoms with Crippen molar-refractivity contribution >= 4 is 10.0 Å². The average Bonchev–Trinajstić information content (AvgIpc) is 2.92. The number of rotatable bonds is 5. The van der Waals surface area contributed by atoms with Crippen molar-refractivity contribution in [2.75, 3.05) is 19.6 Å². The van der Waals surface area contributed by atoms with Crippen LogP contribution < -0.4 is 5.32 Å². The zero-order valence-corrected chi connectivity index (χ0v) is 11.8. The fraction of sp³-hybridized carbons (Fsp3) is 0.538. The van der Waals surface area contributed by atoms with Crippen LogP contribution in [-0.4, -0.2) is 32.4 Å². The van der Waals surface area contributed by atoms with E-state index in [2.05, 4.69) is 5.32 Å². The van der Waals surface area contributed by atoms with Crippen molar-refractivity contribution in [1.82, 2.24) is 9.62 Å². The van der Waals surface area contributed by atoms with E-state index in [1.807, 2.05) is 6.92 Å². The number of nitrogens with zero attached hydrogens (tertiary/aromatic N) is 1. The van der Waals surface area contributed by atoms with Crippen molar-refractivity contribution in [3.63, 3.8) is 0 Å². The first-order valence-corrected chi connectivity index (χ1v) is 7.99. The highest BCUT2D eigenvalue weighted by atomic mass is 32.2. The summed E-state index contributed by atoms with van der Waals surface area (Å²) < 4.78 is 39.8. The predicted octanol–water partition coefficient (Wildman–Crippen LogP) is 1.72. The van der Waals surface area contributed by atoms with Crippen molar-refractivity contribution < 1.29 is 12.8 Å². The molecule has 4 nitrogen and oxygen atoms in total. The van der Waals surface area contributed by atoms with Crippen molar-refractivity contribution in [2.45, 2.75) is 31.2 Å². The lowest BCUT2D eigenvalue weighted by molar-refractivity contribution is 0.477. The third-order valence-corrected chi connectivity index (χ3v) is 5.18. The van der Waals surface area contributed by atoms with E-state index < -0.39 is 10.0 Å². The molecule has 0 unspecified atom stereocenters. The van der Waals surface area contributed by atoms with Crippen molar-refractivity contribution in [2.24, 2.45) is 0 Å². The summed E-state index contributed by atoms with van der Waals surface area (Å²) in [5.41, 5.74) is 0.391. The normalized spacial score (nSPS) is 16.9. The first-order valence-electron chi connectivity index (χ1n) is 6.55. The lowest BCUT2D eigenvalue weighted by Crippen LogP contribution is -2.28. The maximum Gasteiger partial charge on any atom is 0.243 e. The topological polar surface area (TPSA) is 49.4 Å². The molecule has 0 saturated carbocycles. The van der Waals surface area contributed by atoms with Gasteiger partial charge in [0.25, 0.3) is 0 Å². The summed E-state index contributed by atoms with van der Waals surface area (Å²) in [6, 6.07) is 4.01. The van der Waals surface area contributed by atoms with Crippen LogP contribution >= 0.6 is 0 Å². The van der Waals surface area contributed by atoms with E-state index in [0.717, 1.165) is 12.8 Å². The van der Waals surface area contributed by atoms with E-state index in [0.29, 0.717) is 31.7 Å². The summed E-state index contributed by atoms with van der Waals surface area (Å²) >= 11 is 0. The van der Waals surface area contributed by atoms with Gasteiger partial charge in [0.05, 0.1) is 4.90 Å². The lowest BCUT2D eigenvalue weighted by atomic mass is 10.2. The summed E-state index contributed by atoms with van der Waals surface area (Å²) in [5, 5.41) is 3.01. The zero-order valence-electron chi connectivity index (χ0n) is 11.0. The molecule has 0 aliphatic carbocycles. The third-order valence-electron chi connectivity index (χ3n) is 3.29. The molecule has 1 aromatic rings. The van der Waals surface area contributed by atoms with Crippen LogP contribution in [0.4, 0.5) is 4.39 Å². The van der Waals surface area contributed by atoms with Gasteiger partial charge in [-0.2, -0.15) is 4.31 Å². The molecule has 0 radical (unpaired) electrons. The quantitative estimate of drug-likeness (QED) is 0.896. The second-order valence-corrected chi connectivity index (χ2v) is 6.58. The molecule has 106 valence electrons. The molecule has 1 heterocycles. The molecule has 6 heteroatoms. The molecule has 0 spiro atoms. The highest BCUT2D eigenvalue weighted by Crippen LogP contribution is 2.22. The Morgan fingerprint density at radius 2 is 2.00 bits per heavy atom. The molecule has 0 bridgehead atoms. The molecule has 19 heavy (non-hydrogen) atoms. The van der Waals surface area contributed by atoms with Crippen LogP contribution in [0.15, 0.2) is 23.1 Å². The summed E-state index contributed by atoms with van der Waals surface area (Å²) in [6.45, 7) is 4.08. The molecular weight excluding hydrogens is 267 g/mol. The van der Waals surface area contributed by atoms with Gasteiger partial charge >= 0.3 is 0 Å². The molecular formula is C13H19FN2O2S. The van der Waals surface area contributed by atoms with Crippen LogP contribution in [0.5, 0.6) is 0 Å². The summed E-state index contributed by atoms with van der Waals surface area (Å²) in [5.74, 6) is -0.374. The smallest absolute Gasteiger partial charge is 0.243 e. The minimum absolute atomic E-state index is 0.184. The van der Waals surface area contributed by atoms with E-state index in [1.54, 1.807) is 0 Å². The molecule has 0 amide bonds. The van der Waals surface area contributed by atoms with Crippen molar-refractivity contribution in [3.8, 4) is 0 Å². The van der Waals surface area contributed by atoms with Crippen LogP contribution in [0, 0.1) is 5.82 Å². The molecule has 2 rings (SSSR count). The van der Waals surface area contributed by atoms with Crippen LogP contribution in [0.3, 0.4) is 0 Å². The second-order valence-electron chi connectivity index (χ2n) is 4.64. The van der Waals surface area contributed by atoms with E-state index in [4.69, 9.17) is 0 Å². The Morgan fingerprint density at radius 3 is 2.63 bits per heavy atom. The first-order chi connectivity index (χ1) is 9.05. The molecule has 1 aromatic carbocycles. The average molecular weight is 286 g/mol. The minimum Gasteiger partial charge on any atom is -0.313 e. The summed E-state index contributed by atoms with van der Waals surface area (Å²) in [7, 11) is -3.46. The molecule has 1 saturated heterocycles. The van der Waals surface area contributed by atoms with E-state index in [1.165, 1.54) is 22.5 Å². The predicted molar refractivity (Wildman–Crippen MR) is 71.8 cm³/mol. The Labute approximate surface area is 113 Å². The molecule has 1 fully saturated rings. The van der Waals surface area contributed by atoms with Gasteiger partial charge in [-0.25, -0.2) is 12.8 Å². The van der Waals surface area contributed by atoms with Crippen LogP contribution in [0.2, 0.25) is 0 Å². The van der Waals surface area contributed by atoms with E-state index in [-0.39, 0.29) is 10.7 Å². The maximum absolute atomic E-state index is 13.6. The van der Waals surface area contributed by atoms with Crippen LogP contribution in [0.25, 0.3) is 0 Å². The highest BCUT2D eigenvalue weighted by molar-refractivity contribution is 7.89. The highest BCUT2D eigenvalue weighted by Gasteiger charge is 2.27. The number of benzene rings is 1. The van der Waals surface area contributed by atoms with Gasteiger partial charge in [0.15, 0.2) is 0 Å². The Hall–Kier alpha value is -0.980. The molecule has 0 aromatic heterocycles. The minimum atomic E-state index is -3.46. The van der Waals surface area contributed by atoms with Gasteiger partial charge in [0, 0.05) is 25.2 Å². The zero-order chi connectivity index (χ0) is 13.9. The van der Waals surface area contributed by atoms with Crippen molar-refractivity contribution in [1.29, 1.82) is 0 Å². The Kier molecular flexibility index (Phi) is 4.54. The second kappa shape index (κ2) is 5.98. The number of hydrogen-bond acceptors (Lipinski definition) is 3. The Bertz CT molecular complexity index is 540. The standard InChI is InChI=1S/C13H19FN2O2S/c1-2-15-10-11-9-12(5-6-13(11)14)19(17,18)16-7-3-4-8-16/h5-6,9,15H,2-4,7-8,10H2,1H3. The van der Waals surface area contributed by atoms with Gasteiger partial charge in [-0.15, -0.1) is 0 Å². The van der Waals surface area contributed by atoms with Gasteiger partial charge < -0.3 is 5.32 Å². The molecule has 1 N–H and O–H groups in total. The monoisotopic (exact) mass is 286 g/mol. The summed E-state index contributed by atoms with van der Waals surface area (Å²) in [6.07, 6.45) is 1.79. The lowest BCUT2D eigenvalue weighted by Gasteiger charge is -2.16. The Morgan fingerprint density at radius 1 is 1.32 bits per heavy atom. The first kappa shape index (κ1) is 14.4. The SMILES string of the molecule is CCNCc1cc(S(=O)(=O)N2CCCC2)ccc1F. The van der Waals surface area contributed by atoms with Gasteiger partial charge in [-0.3, -0.25) is 0 Å². The maximum atomic E-state index is 13.6.